The molecule has 0 amide bonds. The summed E-state index contributed by atoms with van der Waals surface area (Å²) in [5, 5.41) is 3.62. The average molecular weight is 99.1 g/mol. The van der Waals surface area contributed by atoms with Crippen molar-refractivity contribution in [2.45, 2.75) is 20.0 Å². The molecule has 2 atom stereocenters. The second-order valence-electron chi connectivity index (χ2n) is 1.92. The van der Waals surface area contributed by atoms with Gasteiger partial charge in [0, 0.05) is 5.92 Å². The Kier molecular flexibility index (Phi) is 1.01. The normalized spacial score (nSPS) is 38.6. The van der Waals surface area contributed by atoms with E-state index in [9.17, 15) is 0 Å². The van der Waals surface area contributed by atoms with E-state index in [1.165, 1.54) is 0 Å². The number of oxime groups is 1. The average Bonchev–Trinajstić information content (AvgIpc) is 1.91. The molecule has 0 bridgehead atoms. The lowest BCUT2D eigenvalue weighted by atomic mass is 10.1. The lowest BCUT2D eigenvalue weighted by Gasteiger charge is -2.02. The minimum Gasteiger partial charge on any atom is -0.392 e. The van der Waals surface area contributed by atoms with Gasteiger partial charge in [0.2, 0.25) is 0 Å². The van der Waals surface area contributed by atoms with Crippen molar-refractivity contribution >= 4 is 6.21 Å². The maximum atomic E-state index is 4.83. The predicted octanol–water partition coefficient (Wildman–Crippen LogP) is 1.03. The van der Waals surface area contributed by atoms with E-state index in [1.54, 1.807) is 0 Å². The van der Waals surface area contributed by atoms with Gasteiger partial charge in [-0.3, -0.25) is 0 Å². The van der Waals surface area contributed by atoms with E-state index >= 15 is 0 Å². The number of nitrogens with zero attached hydrogens (tertiary/aromatic N) is 1. The third-order valence-corrected chi connectivity index (χ3v) is 1.26. The molecule has 0 aromatic rings. The lowest BCUT2D eigenvalue weighted by Crippen LogP contribution is -2.08. The van der Waals surface area contributed by atoms with E-state index in [-0.39, 0.29) is 0 Å². The zero-order chi connectivity index (χ0) is 5.28. The Morgan fingerprint density at radius 3 is 2.43 bits per heavy atom. The first kappa shape index (κ1) is 4.62. The largest absolute Gasteiger partial charge is 0.392 e. The van der Waals surface area contributed by atoms with Crippen molar-refractivity contribution in [3.05, 3.63) is 0 Å². The Labute approximate surface area is 43.2 Å². The predicted molar refractivity (Wildman–Crippen MR) is 28.2 cm³/mol. The van der Waals surface area contributed by atoms with Gasteiger partial charge in [0.1, 0.15) is 6.10 Å². The van der Waals surface area contributed by atoms with Crippen molar-refractivity contribution < 1.29 is 4.84 Å². The first-order chi connectivity index (χ1) is 3.30. The quantitative estimate of drug-likeness (QED) is 0.444. The van der Waals surface area contributed by atoms with E-state index in [0.29, 0.717) is 12.0 Å². The molecule has 0 spiro atoms. The van der Waals surface area contributed by atoms with E-state index in [0.717, 1.165) is 0 Å². The van der Waals surface area contributed by atoms with Gasteiger partial charge in [-0.05, 0) is 6.92 Å². The minimum atomic E-state index is 0.292. The summed E-state index contributed by atoms with van der Waals surface area (Å²) in [5.41, 5.74) is 0. The SMILES string of the molecule is CC1C=NOC1C. The molecule has 0 aromatic carbocycles. The van der Waals surface area contributed by atoms with Crippen LogP contribution in [0.1, 0.15) is 13.8 Å². The summed E-state index contributed by atoms with van der Waals surface area (Å²) < 4.78 is 0. The second-order valence-corrected chi connectivity index (χ2v) is 1.92. The fourth-order valence-corrected chi connectivity index (χ4v) is 0.444. The van der Waals surface area contributed by atoms with Crippen LogP contribution in [0.15, 0.2) is 5.16 Å². The van der Waals surface area contributed by atoms with Gasteiger partial charge in [0.05, 0.1) is 6.21 Å². The monoisotopic (exact) mass is 99.1 g/mol. The highest BCUT2D eigenvalue weighted by Crippen LogP contribution is 2.09. The van der Waals surface area contributed by atoms with Gasteiger partial charge < -0.3 is 4.84 Å². The molecule has 1 aliphatic rings. The van der Waals surface area contributed by atoms with Crippen LogP contribution in [0.2, 0.25) is 0 Å². The summed E-state index contributed by atoms with van der Waals surface area (Å²) >= 11 is 0. The fraction of sp³-hybridized carbons (Fsp3) is 0.800. The molecule has 2 nitrogen and oxygen atoms in total. The van der Waals surface area contributed by atoms with E-state index in [1.807, 2.05) is 13.1 Å². The fourth-order valence-electron chi connectivity index (χ4n) is 0.444. The van der Waals surface area contributed by atoms with Crippen LogP contribution >= 0.6 is 0 Å². The summed E-state index contributed by atoms with van der Waals surface area (Å²) in [6, 6.07) is 0. The van der Waals surface area contributed by atoms with Crippen LogP contribution in [-0.2, 0) is 4.84 Å². The van der Waals surface area contributed by atoms with Gasteiger partial charge in [-0.1, -0.05) is 12.1 Å². The molecule has 0 saturated carbocycles. The van der Waals surface area contributed by atoms with Gasteiger partial charge in [0.15, 0.2) is 0 Å². The standard InChI is InChI=1S/C5H9NO/c1-4-3-6-7-5(4)2/h3-5H,1-2H3. The van der Waals surface area contributed by atoms with Gasteiger partial charge in [-0.2, -0.15) is 0 Å². The van der Waals surface area contributed by atoms with Crippen molar-refractivity contribution in [2.75, 3.05) is 0 Å². The van der Waals surface area contributed by atoms with Gasteiger partial charge in [0.25, 0.3) is 0 Å². The van der Waals surface area contributed by atoms with Crippen molar-refractivity contribution in [3.8, 4) is 0 Å². The highest BCUT2D eigenvalue weighted by Gasteiger charge is 2.15. The third kappa shape index (κ3) is 0.734. The van der Waals surface area contributed by atoms with Crippen molar-refractivity contribution in [2.24, 2.45) is 11.1 Å². The number of rotatable bonds is 0. The summed E-state index contributed by atoms with van der Waals surface area (Å²) in [6.45, 7) is 4.10. The maximum absolute atomic E-state index is 4.83. The first-order valence-electron chi connectivity index (χ1n) is 2.50. The lowest BCUT2D eigenvalue weighted by molar-refractivity contribution is 0.0799. The van der Waals surface area contributed by atoms with Crippen LogP contribution in [0.4, 0.5) is 0 Å². The van der Waals surface area contributed by atoms with Crippen LogP contribution in [0.5, 0.6) is 0 Å². The number of hydrogen-bond acceptors (Lipinski definition) is 2. The van der Waals surface area contributed by atoms with Gasteiger partial charge >= 0.3 is 0 Å². The molecule has 0 aromatic heterocycles. The molecule has 1 rings (SSSR count). The van der Waals surface area contributed by atoms with Crippen molar-refractivity contribution in [1.29, 1.82) is 0 Å². The molecular weight excluding hydrogens is 90.1 g/mol. The highest BCUT2D eigenvalue weighted by molar-refractivity contribution is 5.61. The molecule has 1 aliphatic heterocycles. The van der Waals surface area contributed by atoms with Crippen LogP contribution in [0, 0.1) is 5.92 Å². The zero-order valence-electron chi connectivity index (χ0n) is 4.59. The molecular formula is C5H9NO. The summed E-state index contributed by atoms with van der Waals surface area (Å²) in [5.74, 6) is 0.500. The molecule has 1 heterocycles. The second kappa shape index (κ2) is 1.52. The van der Waals surface area contributed by atoms with Gasteiger partial charge in [-0.15, -0.1) is 0 Å². The van der Waals surface area contributed by atoms with Gasteiger partial charge in [-0.25, -0.2) is 0 Å². The molecule has 7 heavy (non-hydrogen) atoms. The van der Waals surface area contributed by atoms with Crippen LogP contribution in [0.25, 0.3) is 0 Å². The van der Waals surface area contributed by atoms with Crippen LogP contribution in [0.3, 0.4) is 0 Å². The first-order valence-corrected chi connectivity index (χ1v) is 2.50. The Balaban J connectivity index is 2.45. The van der Waals surface area contributed by atoms with E-state index in [4.69, 9.17) is 4.84 Å². The minimum absolute atomic E-state index is 0.292. The Bertz CT molecular complexity index is 90.1. The maximum Gasteiger partial charge on any atom is 0.132 e. The zero-order valence-corrected chi connectivity index (χ0v) is 4.59. The molecule has 0 saturated heterocycles. The molecule has 40 valence electrons. The summed E-state index contributed by atoms with van der Waals surface area (Å²) in [4.78, 5) is 4.83. The molecule has 0 aliphatic carbocycles. The highest BCUT2D eigenvalue weighted by atomic mass is 16.6. The third-order valence-electron chi connectivity index (χ3n) is 1.26. The topological polar surface area (TPSA) is 21.6 Å². The van der Waals surface area contributed by atoms with Crippen molar-refractivity contribution in [3.63, 3.8) is 0 Å². The van der Waals surface area contributed by atoms with Crippen LogP contribution in [-0.4, -0.2) is 12.3 Å². The molecule has 0 N–H and O–H groups in total. The van der Waals surface area contributed by atoms with Crippen LogP contribution < -0.4 is 0 Å². The Morgan fingerprint density at radius 1 is 1.57 bits per heavy atom. The van der Waals surface area contributed by atoms with Crippen molar-refractivity contribution in [1.82, 2.24) is 0 Å². The van der Waals surface area contributed by atoms with E-state index in [2.05, 4.69) is 12.1 Å². The molecule has 0 fully saturated rings. The smallest absolute Gasteiger partial charge is 0.132 e. The summed E-state index contributed by atoms with van der Waals surface area (Å²) in [7, 11) is 0. The Hall–Kier alpha value is -0.530. The molecule has 0 radical (unpaired) electrons. The summed E-state index contributed by atoms with van der Waals surface area (Å²) in [6.07, 6.45) is 2.12. The molecule has 2 unspecified atom stereocenters. The number of hydrogen-bond donors (Lipinski definition) is 0. The van der Waals surface area contributed by atoms with E-state index < -0.39 is 0 Å². The Morgan fingerprint density at radius 2 is 2.29 bits per heavy atom. The molecule has 2 heteroatoms.